The first-order chi connectivity index (χ1) is 15.9. The Bertz CT molecular complexity index is 1290. The Morgan fingerprint density at radius 2 is 1.12 bits per heavy atom. The van der Waals surface area contributed by atoms with Gasteiger partial charge in [0.2, 0.25) is 0 Å². The molecule has 4 aliphatic rings. The molecule has 34 heavy (non-hydrogen) atoms. The van der Waals surface area contributed by atoms with E-state index >= 15 is 0 Å². The van der Waals surface area contributed by atoms with Gasteiger partial charge < -0.3 is 0 Å². The van der Waals surface area contributed by atoms with Crippen LogP contribution in [0.25, 0.3) is 22.8 Å². The van der Waals surface area contributed by atoms with Gasteiger partial charge in [-0.1, -0.05) is 47.6 Å². The summed E-state index contributed by atoms with van der Waals surface area (Å²) in [5.74, 6) is 1.11. The fraction of sp³-hybridized carbons (Fsp3) is 0.621. The fourth-order valence-electron chi connectivity index (χ4n) is 8.99. The number of nitrogens with zero attached hydrogens (tertiary/aromatic N) is 5. The topological polar surface area (TPSA) is 48.5 Å². The van der Waals surface area contributed by atoms with Crippen LogP contribution in [0.4, 0.5) is 0 Å². The van der Waals surface area contributed by atoms with E-state index in [0.29, 0.717) is 11.8 Å². The smallest absolute Gasteiger partial charge is 0.114 e. The Morgan fingerprint density at radius 1 is 0.706 bits per heavy atom. The largest absolute Gasteiger partial charge is 0.271 e. The second-order valence-corrected chi connectivity index (χ2v) is 13.2. The Balaban J connectivity index is 1.39. The number of hydrogen-bond acceptors (Lipinski definition) is 3. The molecule has 3 aromatic rings. The fourth-order valence-corrected chi connectivity index (χ4v) is 8.99. The molecule has 3 heterocycles. The number of fused-ring (bicyclic) bond motifs is 10. The van der Waals surface area contributed by atoms with Crippen molar-refractivity contribution in [3.8, 4) is 22.8 Å². The predicted molar refractivity (Wildman–Crippen MR) is 135 cm³/mol. The molecular formula is C29H37N5. The molecular weight excluding hydrogens is 418 g/mol. The molecule has 178 valence electrons. The molecule has 0 saturated heterocycles. The molecule has 2 fully saturated rings. The molecule has 0 unspecified atom stereocenters. The second-order valence-electron chi connectivity index (χ2n) is 13.2. The van der Waals surface area contributed by atoms with Crippen molar-refractivity contribution in [3.05, 3.63) is 40.7 Å². The van der Waals surface area contributed by atoms with E-state index in [9.17, 15) is 0 Å². The average Bonchev–Trinajstić information content (AvgIpc) is 3.51. The SMILES string of the molecule is Cn1nc(-c2cccc(-c3nn(C)c4c3[C@H]3CC[C@]4(C)C3(C)C)n2)c2c1[C@]1(C)CC[C@H]2C1(C)C. The number of pyridine rings is 1. The van der Waals surface area contributed by atoms with Crippen molar-refractivity contribution in [3.63, 3.8) is 0 Å². The summed E-state index contributed by atoms with van der Waals surface area (Å²) in [7, 11) is 4.25. The number of aryl methyl sites for hydroxylation is 2. The molecule has 4 atom stereocenters. The highest BCUT2D eigenvalue weighted by molar-refractivity contribution is 5.71. The van der Waals surface area contributed by atoms with E-state index in [-0.39, 0.29) is 21.7 Å². The second kappa shape index (κ2) is 5.85. The minimum Gasteiger partial charge on any atom is -0.271 e. The maximum Gasteiger partial charge on any atom is 0.114 e. The van der Waals surface area contributed by atoms with E-state index in [1.807, 2.05) is 0 Å². The zero-order chi connectivity index (χ0) is 24.0. The average molecular weight is 456 g/mol. The molecule has 0 N–H and O–H groups in total. The van der Waals surface area contributed by atoms with Crippen molar-refractivity contribution in [1.82, 2.24) is 24.5 Å². The van der Waals surface area contributed by atoms with Crippen LogP contribution < -0.4 is 0 Å². The minimum absolute atomic E-state index is 0.187. The van der Waals surface area contributed by atoms with Gasteiger partial charge in [-0.25, -0.2) is 4.98 Å². The summed E-state index contributed by atoms with van der Waals surface area (Å²) >= 11 is 0. The highest BCUT2D eigenvalue weighted by atomic mass is 15.3. The number of rotatable bonds is 2. The van der Waals surface area contributed by atoms with Gasteiger partial charge in [0, 0.05) is 47.4 Å². The quantitative estimate of drug-likeness (QED) is 0.460. The van der Waals surface area contributed by atoms with Crippen molar-refractivity contribution >= 4 is 0 Å². The van der Waals surface area contributed by atoms with Gasteiger partial charge in [0.1, 0.15) is 11.4 Å². The molecule has 2 saturated carbocycles. The summed E-state index contributed by atoms with van der Waals surface area (Å²) in [6.07, 6.45) is 5.00. The van der Waals surface area contributed by atoms with Crippen LogP contribution in [0.15, 0.2) is 18.2 Å². The molecule has 0 spiro atoms. The third kappa shape index (κ3) is 2.01. The van der Waals surface area contributed by atoms with Gasteiger partial charge in [0.05, 0.1) is 11.4 Å². The van der Waals surface area contributed by atoms with Gasteiger partial charge in [0.25, 0.3) is 0 Å². The van der Waals surface area contributed by atoms with Crippen LogP contribution >= 0.6 is 0 Å². The van der Waals surface area contributed by atoms with Crippen molar-refractivity contribution in [2.75, 3.05) is 0 Å². The summed E-state index contributed by atoms with van der Waals surface area (Å²) in [6.45, 7) is 14.7. The molecule has 4 aliphatic carbocycles. The summed E-state index contributed by atoms with van der Waals surface area (Å²) in [6, 6.07) is 6.45. The first kappa shape index (κ1) is 20.9. The highest BCUT2D eigenvalue weighted by Crippen LogP contribution is 2.70. The van der Waals surface area contributed by atoms with Crippen LogP contribution in [0.5, 0.6) is 0 Å². The summed E-state index contributed by atoms with van der Waals surface area (Å²) in [5, 5.41) is 10.1. The monoisotopic (exact) mass is 455 g/mol. The maximum atomic E-state index is 5.25. The van der Waals surface area contributed by atoms with Crippen LogP contribution in [-0.2, 0) is 24.9 Å². The van der Waals surface area contributed by atoms with Gasteiger partial charge in [-0.05, 0) is 60.5 Å². The third-order valence-electron chi connectivity index (χ3n) is 11.6. The van der Waals surface area contributed by atoms with Crippen molar-refractivity contribution in [2.45, 2.75) is 89.9 Å². The van der Waals surface area contributed by atoms with Crippen LogP contribution in [-0.4, -0.2) is 24.5 Å². The van der Waals surface area contributed by atoms with Crippen molar-refractivity contribution in [2.24, 2.45) is 24.9 Å². The van der Waals surface area contributed by atoms with E-state index in [4.69, 9.17) is 15.2 Å². The predicted octanol–water partition coefficient (Wildman–Crippen LogP) is 6.23. The summed E-state index contributed by atoms with van der Waals surface area (Å²) < 4.78 is 4.31. The molecule has 7 rings (SSSR count). The molecule has 5 nitrogen and oxygen atoms in total. The summed E-state index contributed by atoms with van der Waals surface area (Å²) in [4.78, 5) is 5.25. The van der Waals surface area contributed by atoms with Crippen molar-refractivity contribution < 1.29 is 0 Å². The molecule has 3 aromatic heterocycles. The lowest BCUT2D eigenvalue weighted by Gasteiger charge is -2.35. The molecule has 0 aromatic carbocycles. The zero-order valence-electron chi connectivity index (χ0n) is 22.0. The van der Waals surface area contributed by atoms with Gasteiger partial charge in [-0.3, -0.25) is 9.36 Å². The van der Waals surface area contributed by atoms with Gasteiger partial charge in [0.15, 0.2) is 0 Å². The molecule has 0 radical (unpaired) electrons. The van der Waals surface area contributed by atoms with Crippen LogP contribution in [0.1, 0.15) is 102 Å². The minimum atomic E-state index is 0.187. The van der Waals surface area contributed by atoms with Crippen LogP contribution in [0, 0.1) is 10.8 Å². The van der Waals surface area contributed by atoms with E-state index in [2.05, 4.69) is 83.2 Å². The first-order valence-electron chi connectivity index (χ1n) is 13.1. The standard InChI is InChI=1S/C29H37N5/c1-26(2)16-12-14-28(26,5)24-20(16)22(31-33(24)7)18-10-9-11-19(30-18)23-21-17-13-15-29(6,27(17,3)4)25(21)34(8)32-23/h9-11,16-17H,12-15H2,1-8H3/t16-,17-,28+,29+/m1/s1. The zero-order valence-corrected chi connectivity index (χ0v) is 22.0. The van der Waals surface area contributed by atoms with Gasteiger partial charge >= 0.3 is 0 Å². The lowest BCUT2D eigenvalue weighted by Crippen LogP contribution is -2.33. The highest BCUT2D eigenvalue weighted by Gasteiger charge is 2.63. The Labute approximate surface area is 203 Å². The van der Waals surface area contributed by atoms with Gasteiger partial charge in [-0.15, -0.1) is 0 Å². The molecule has 0 amide bonds. The third-order valence-corrected chi connectivity index (χ3v) is 11.6. The Morgan fingerprint density at radius 3 is 1.53 bits per heavy atom. The van der Waals surface area contributed by atoms with Gasteiger partial charge in [-0.2, -0.15) is 10.2 Å². The van der Waals surface area contributed by atoms with E-state index in [1.54, 1.807) is 0 Å². The lowest BCUT2D eigenvalue weighted by molar-refractivity contribution is 0.220. The van der Waals surface area contributed by atoms with Crippen LogP contribution in [0.3, 0.4) is 0 Å². The normalized spacial score (nSPS) is 33.5. The molecule has 4 bridgehead atoms. The van der Waals surface area contributed by atoms with Crippen molar-refractivity contribution in [1.29, 1.82) is 0 Å². The number of hydrogen-bond donors (Lipinski definition) is 0. The maximum absolute atomic E-state index is 5.25. The van der Waals surface area contributed by atoms with E-state index in [0.717, 1.165) is 22.8 Å². The molecule has 5 heteroatoms. The molecule has 0 aliphatic heterocycles. The summed E-state index contributed by atoms with van der Waals surface area (Å²) in [5.41, 5.74) is 10.8. The van der Waals surface area contributed by atoms with E-state index < -0.39 is 0 Å². The first-order valence-corrected chi connectivity index (χ1v) is 13.1. The van der Waals surface area contributed by atoms with E-state index in [1.165, 1.54) is 48.2 Å². The van der Waals surface area contributed by atoms with Crippen LogP contribution in [0.2, 0.25) is 0 Å². The number of aromatic nitrogens is 5. The lowest BCUT2D eigenvalue weighted by atomic mass is 9.70. The Hall–Kier alpha value is -2.43. The Kier molecular flexibility index (Phi) is 3.60.